The lowest BCUT2D eigenvalue weighted by atomic mass is 9.90. The van der Waals surface area contributed by atoms with Gasteiger partial charge in [0, 0.05) is 10.8 Å². The van der Waals surface area contributed by atoms with E-state index in [1.807, 2.05) is 41.5 Å². The Labute approximate surface area is 95.7 Å². The molecule has 90 valence electrons. The predicted molar refractivity (Wildman–Crippen MR) is 60.9 cm³/mol. The van der Waals surface area contributed by atoms with Crippen molar-refractivity contribution in [2.24, 2.45) is 0 Å². The zero-order valence-electron chi connectivity index (χ0n) is 10.7. The van der Waals surface area contributed by atoms with E-state index in [9.17, 15) is 4.79 Å². The van der Waals surface area contributed by atoms with Crippen LogP contribution in [0.25, 0.3) is 0 Å². The van der Waals surface area contributed by atoms with E-state index in [-0.39, 0.29) is 16.6 Å². The Morgan fingerprint density at radius 1 is 1.12 bits per heavy atom. The lowest BCUT2D eigenvalue weighted by Crippen LogP contribution is -2.17. The number of hydrogen-bond donors (Lipinski definition) is 1. The summed E-state index contributed by atoms with van der Waals surface area (Å²) in [4.78, 5) is 15.4. The van der Waals surface area contributed by atoms with E-state index in [0.29, 0.717) is 11.6 Å². The Bertz CT molecular complexity index is 405. The molecule has 0 bridgehead atoms. The summed E-state index contributed by atoms with van der Waals surface area (Å²) in [6.45, 7) is 11.6. The maximum absolute atomic E-state index is 11.1. The average molecular weight is 225 g/mol. The summed E-state index contributed by atoms with van der Waals surface area (Å²) in [5, 5.41) is 9.07. The number of carbonyl (C=O) groups is 1. The van der Waals surface area contributed by atoms with Crippen LogP contribution >= 0.6 is 0 Å². The molecular formula is C12H19NO3. The predicted octanol–water partition coefficient (Wildman–Crippen LogP) is 2.97. The van der Waals surface area contributed by atoms with Crippen molar-refractivity contribution in [2.75, 3.05) is 0 Å². The summed E-state index contributed by atoms with van der Waals surface area (Å²) >= 11 is 0. The van der Waals surface area contributed by atoms with Gasteiger partial charge in [-0.25, -0.2) is 9.78 Å². The standard InChI is InChI=1S/C12H19NO3/c1-11(2,3)8-7(9(14)15)16-10(13-8)12(4,5)6/h1-6H3,(H,14,15). The fourth-order valence-electron chi connectivity index (χ4n) is 1.29. The van der Waals surface area contributed by atoms with Crippen molar-refractivity contribution in [3.05, 3.63) is 17.3 Å². The third-order valence-electron chi connectivity index (χ3n) is 2.17. The quantitative estimate of drug-likeness (QED) is 0.798. The molecule has 0 amide bonds. The lowest BCUT2D eigenvalue weighted by Gasteiger charge is -2.15. The monoisotopic (exact) mass is 225 g/mol. The summed E-state index contributed by atoms with van der Waals surface area (Å²) in [5.41, 5.74) is -0.112. The molecule has 1 aromatic rings. The van der Waals surface area contributed by atoms with Gasteiger partial charge in [-0.15, -0.1) is 0 Å². The Balaban J connectivity index is 3.38. The normalized spacial score (nSPS) is 12.9. The highest BCUT2D eigenvalue weighted by atomic mass is 16.4. The molecule has 0 atom stereocenters. The van der Waals surface area contributed by atoms with Gasteiger partial charge in [-0.1, -0.05) is 41.5 Å². The van der Waals surface area contributed by atoms with Crippen LogP contribution in [0.3, 0.4) is 0 Å². The molecular weight excluding hydrogens is 206 g/mol. The summed E-state index contributed by atoms with van der Waals surface area (Å²) in [6, 6.07) is 0. The van der Waals surface area contributed by atoms with Crippen molar-refractivity contribution in [3.8, 4) is 0 Å². The third kappa shape index (κ3) is 2.43. The Kier molecular flexibility index (Phi) is 2.88. The van der Waals surface area contributed by atoms with Crippen molar-refractivity contribution >= 4 is 5.97 Å². The summed E-state index contributed by atoms with van der Waals surface area (Å²) in [6.07, 6.45) is 0. The van der Waals surface area contributed by atoms with Gasteiger partial charge in [0.15, 0.2) is 0 Å². The van der Waals surface area contributed by atoms with Gasteiger partial charge in [0.05, 0.1) is 5.69 Å². The summed E-state index contributed by atoms with van der Waals surface area (Å²) < 4.78 is 5.36. The highest BCUT2D eigenvalue weighted by Gasteiger charge is 2.32. The number of hydrogen-bond acceptors (Lipinski definition) is 3. The molecule has 4 heteroatoms. The zero-order valence-corrected chi connectivity index (χ0v) is 10.7. The first-order valence-corrected chi connectivity index (χ1v) is 5.28. The average Bonchev–Trinajstić information content (AvgIpc) is 2.44. The molecule has 0 aliphatic carbocycles. The summed E-state index contributed by atoms with van der Waals surface area (Å²) in [5.74, 6) is -0.639. The molecule has 0 unspecified atom stereocenters. The topological polar surface area (TPSA) is 63.3 Å². The number of aromatic carboxylic acids is 1. The van der Waals surface area contributed by atoms with Gasteiger partial charge < -0.3 is 9.52 Å². The third-order valence-corrected chi connectivity index (χ3v) is 2.17. The van der Waals surface area contributed by atoms with E-state index in [1.54, 1.807) is 0 Å². The van der Waals surface area contributed by atoms with E-state index < -0.39 is 5.97 Å². The number of carboxylic acid groups (broad SMARTS) is 1. The van der Waals surface area contributed by atoms with Gasteiger partial charge in [0.2, 0.25) is 11.7 Å². The second-order valence-corrected chi connectivity index (χ2v) is 6.00. The molecule has 0 radical (unpaired) electrons. The minimum atomic E-state index is -1.06. The fourth-order valence-corrected chi connectivity index (χ4v) is 1.29. The number of aromatic nitrogens is 1. The van der Waals surface area contributed by atoms with Crippen LogP contribution < -0.4 is 0 Å². The van der Waals surface area contributed by atoms with E-state index in [2.05, 4.69) is 4.98 Å². The molecule has 0 saturated carbocycles. The maximum atomic E-state index is 11.1. The van der Waals surface area contributed by atoms with Crippen LogP contribution in [0.5, 0.6) is 0 Å². The van der Waals surface area contributed by atoms with Crippen LogP contribution in [0.1, 0.15) is 63.7 Å². The van der Waals surface area contributed by atoms with E-state index in [1.165, 1.54) is 0 Å². The van der Waals surface area contributed by atoms with Gasteiger partial charge in [0.25, 0.3) is 0 Å². The van der Waals surface area contributed by atoms with Crippen molar-refractivity contribution in [3.63, 3.8) is 0 Å². The van der Waals surface area contributed by atoms with Crippen LogP contribution in [0.4, 0.5) is 0 Å². The SMILES string of the molecule is CC(C)(C)c1nc(C(C)(C)C)c(C(=O)O)o1. The van der Waals surface area contributed by atoms with Crippen molar-refractivity contribution in [2.45, 2.75) is 52.4 Å². The van der Waals surface area contributed by atoms with E-state index >= 15 is 0 Å². The Hall–Kier alpha value is -1.32. The molecule has 0 spiro atoms. The highest BCUT2D eigenvalue weighted by molar-refractivity contribution is 5.86. The number of oxazole rings is 1. The van der Waals surface area contributed by atoms with Crippen molar-refractivity contribution < 1.29 is 14.3 Å². The largest absolute Gasteiger partial charge is 0.475 e. The molecule has 4 nitrogen and oxygen atoms in total. The first-order valence-electron chi connectivity index (χ1n) is 5.28. The lowest BCUT2D eigenvalue weighted by molar-refractivity contribution is 0.0655. The van der Waals surface area contributed by atoms with Gasteiger partial charge in [-0.2, -0.15) is 0 Å². The van der Waals surface area contributed by atoms with Crippen molar-refractivity contribution in [1.82, 2.24) is 4.98 Å². The van der Waals surface area contributed by atoms with Gasteiger partial charge in [0.1, 0.15) is 0 Å². The second kappa shape index (κ2) is 3.61. The molecule has 16 heavy (non-hydrogen) atoms. The number of nitrogens with zero attached hydrogens (tertiary/aromatic N) is 1. The van der Waals surface area contributed by atoms with Crippen LogP contribution in [0.2, 0.25) is 0 Å². The number of rotatable bonds is 1. The van der Waals surface area contributed by atoms with Crippen molar-refractivity contribution in [1.29, 1.82) is 0 Å². The molecule has 0 aromatic carbocycles. The minimum absolute atomic E-state index is 0.0441. The Morgan fingerprint density at radius 2 is 1.62 bits per heavy atom. The van der Waals surface area contributed by atoms with Crippen LogP contribution in [0, 0.1) is 0 Å². The van der Waals surface area contributed by atoms with E-state index in [0.717, 1.165) is 0 Å². The molecule has 0 aliphatic rings. The summed E-state index contributed by atoms with van der Waals surface area (Å²) in [7, 11) is 0. The van der Waals surface area contributed by atoms with Crippen LogP contribution in [0.15, 0.2) is 4.42 Å². The van der Waals surface area contributed by atoms with Crippen LogP contribution in [-0.4, -0.2) is 16.1 Å². The zero-order chi connectivity index (χ0) is 12.7. The molecule has 1 heterocycles. The second-order valence-electron chi connectivity index (χ2n) is 6.00. The Morgan fingerprint density at radius 3 is 1.88 bits per heavy atom. The molecule has 1 rings (SSSR count). The van der Waals surface area contributed by atoms with Gasteiger partial charge in [-0.05, 0) is 0 Å². The fraction of sp³-hybridized carbons (Fsp3) is 0.667. The maximum Gasteiger partial charge on any atom is 0.373 e. The smallest absolute Gasteiger partial charge is 0.373 e. The molecule has 0 saturated heterocycles. The first kappa shape index (κ1) is 12.7. The number of carboxylic acids is 1. The van der Waals surface area contributed by atoms with Crippen LogP contribution in [-0.2, 0) is 10.8 Å². The molecule has 1 N–H and O–H groups in total. The van der Waals surface area contributed by atoms with E-state index in [4.69, 9.17) is 9.52 Å². The minimum Gasteiger partial charge on any atom is -0.475 e. The van der Waals surface area contributed by atoms with Gasteiger partial charge in [-0.3, -0.25) is 0 Å². The molecule has 1 aromatic heterocycles. The van der Waals surface area contributed by atoms with Gasteiger partial charge >= 0.3 is 5.97 Å². The first-order chi connectivity index (χ1) is 7.03. The molecule has 0 fully saturated rings. The highest BCUT2D eigenvalue weighted by Crippen LogP contribution is 2.30. The molecule has 0 aliphatic heterocycles.